The Morgan fingerprint density at radius 1 is 1.19 bits per heavy atom. The van der Waals surface area contributed by atoms with Crippen LogP contribution in [-0.2, 0) is 26.2 Å². The second-order valence-electron chi connectivity index (χ2n) is 5.65. The zero-order valence-electron chi connectivity index (χ0n) is 14.7. The van der Waals surface area contributed by atoms with Crippen LogP contribution < -0.4 is 0 Å². The summed E-state index contributed by atoms with van der Waals surface area (Å²) < 4.78 is 35.3. The number of esters is 1. The van der Waals surface area contributed by atoms with Crippen LogP contribution >= 0.6 is 11.8 Å². The van der Waals surface area contributed by atoms with Crippen LogP contribution in [0.5, 0.6) is 0 Å². The molecule has 2 aromatic heterocycles. The molecule has 0 aliphatic carbocycles. The highest BCUT2D eigenvalue weighted by Gasteiger charge is 2.21. The number of rotatable bonds is 7. The van der Waals surface area contributed by atoms with E-state index in [0.29, 0.717) is 5.03 Å². The molecule has 0 bridgehead atoms. The summed E-state index contributed by atoms with van der Waals surface area (Å²) in [5.74, 6) is -0.168. The number of carbonyl (C=O) groups is 1. The van der Waals surface area contributed by atoms with E-state index in [2.05, 4.69) is 9.97 Å². The van der Waals surface area contributed by atoms with Crippen LogP contribution in [0, 0.1) is 0 Å². The van der Waals surface area contributed by atoms with Crippen molar-refractivity contribution in [3.05, 3.63) is 48.4 Å². The Balaban J connectivity index is 1.53. The Morgan fingerprint density at radius 2 is 1.93 bits per heavy atom. The standard InChI is InChI=1S/C17H17N3O5S2/c1-20(2)27(22,23)17-8-7-12(25-17)10-24-16(21)11-26-15-9-18-13-5-3-4-6-14(13)19-15/h3-9H,10-11H2,1-2H3. The number of ether oxygens (including phenoxy) is 1. The number of sulfonamides is 1. The molecule has 0 atom stereocenters. The summed E-state index contributed by atoms with van der Waals surface area (Å²) in [6, 6.07) is 10.3. The van der Waals surface area contributed by atoms with Crippen molar-refractivity contribution in [3.63, 3.8) is 0 Å². The third-order valence-electron chi connectivity index (χ3n) is 3.51. The number of nitrogens with zero attached hydrogens (tertiary/aromatic N) is 3. The van der Waals surface area contributed by atoms with E-state index >= 15 is 0 Å². The summed E-state index contributed by atoms with van der Waals surface area (Å²) in [6.07, 6.45) is 1.60. The molecule has 0 saturated heterocycles. The van der Waals surface area contributed by atoms with Crippen LogP contribution in [0.2, 0.25) is 0 Å². The number of hydrogen-bond acceptors (Lipinski definition) is 8. The van der Waals surface area contributed by atoms with Crippen molar-refractivity contribution in [3.8, 4) is 0 Å². The van der Waals surface area contributed by atoms with Crippen LogP contribution in [0.1, 0.15) is 5.76 Å². The summed E-state index contributed by atoms with van der Waals surface area (Å²) in [5, 5.41) is 0.419. The van der Waals surface area contributed by atoms with Crippen molar-refractivity contribution in [2.24, 2.45) is 0 Å². The smallest absolute Gasteiger partial charge is 0.316 e. The first-order valence-electron chi connectivity index (χ1n) is 7.88. The lowest BCUT2D eigenvalue weighted by Crippen LogP contribution is -2.21. The Bertz CT molecular complexity index is 1060. The first kappa shape index (κ1) is 19.3. The minimum Gasteiger partial charge on any atom is -0.457 e. The Morgan fingerprint density at radius 3 is 2.67 bits per heavy atom. The number of carbonyl (C=O) groups excluding carboxylic acids is 1. The molecule has 0 unspecified atom stereocenters. The fourth-order valence-electron chi connectivity index (χ4n) is 2.09. The first-order valence-corrected chi connectivity index (χ1v) is 10.3. The van der Waals surface area contributed by atoms with Gasteiger partial charge in [0.05, 0.1) is 23.0 Å². The minimum absolute atomic E-state index is 0.0522. The van der Waals surface area contributed by atoms with Crippen molar-refractivity contribution in [2.45, 2.75) is 16.7 Å². The zero-order valence-corrected chi connectivity index (χ0v) is 16.3. The lowest BCUT2D eigenvalue weighted by Gasteiger charge is -2.07. The molecule has 0 fully saturated rings. The van der Waals surface area contributed by atoms with Gasteiger partial charge in [-0.1, -0.05) is 23.9 Å². The third-order valence-corrected chi connectivity index (χ3v) is 6.07. The number of hydrogen-bond donors (Lipinski definition) is 0. The van der Waals surface area contributed by atoms with E-state index in [1.807, 2.05) is 24.3 Å². The van der Waals surface area contributed by atoms with Gasteiger partial charge in [0, 0.05) is 14.1 Å². The fourth-order valence-corrected chi connectivity index (χ4v) is 3.54. The summed E-state index contributed by atoms with van der Waals surface area (Å²) in [7, 11) is -0.838. The highest BCUT2D eigenvalue weighted by Crippen LogP contribution is 2.19. The van der Waals surface area contributed by atoms with Gasteiger partial charge >= 0.3 is 5.97 Å². The highest BCUT2D eigenvalue weighted by atomic mass is 32.2. The molecule has 3 rings (SSSR count). The van der Waals surface area contributed by atoms with Gasteiger partial charge in [0.25, 0.3) is 10.0 Å². The van der Waals surface area contributed by atoms with Crippen molar-refractivity contribution < 1.29 is 22.4 Å². The van der Waals surface area contributed by atoms with E-state index in [9.17, 15) is 13.2 Å². The molecule has 0 N–H and O–H groups in total. The average Bonchev–Trinajstić information content (AvgIpc) is 3.14. The van der Waals surface area contributed by atoms with Crippen LogP contribution in [0.4, 0.5) is 0 Å². The molecule has 0 saturated carbocycles. The number of para-hydroxylation sites is 2. The quantitative estimate of drug-likeness (QED) is 0.434. The zero-order chi connectivity index (χ0) is 19.4. The molecule has 0 aliphatic heterocycles. The molecule has 2 heterocycles. The SMILES string of the molecule is CN(C)S(=O)(=O)c1ccc(COC(=O)CSc2cnc3ccccc3n2)o1. The summed E-state index contributed by atoms with van der Waals surface area (Å²) in [6.45, 7) is -0.147. The number of thioether (sulfide) groups is 1. The number of benzene rings is 1. The summed E-state index contributed by atoms with van der Waals surface area (Å²) in [4.78, 5) is 20.6. The summed E-state index contributed by atoms with van der Waals surface area (Å²) in [5.41, 5.74) is 1.53. The Hall–Kier alpha value is -2.43. The molecule has 27 heavy (non-hydrogen) atoms. The highest BCUT2D eigenvalue weighted by molar-refractivity contribution is 7.99. The number of furan rings is 1. The largest absolute Gasteiger partial charge is 0.457 e. The molecular formula is C17H17N3O5S2. The number of aromatic nitrogens is 2. The molecule has 0 aliphatic rings. The molecule has 3 aromatic rings. The summed E-state index contributed by atoms with van der Waals surface area (Å²) >= 11 is 1.21. The van der Waals surface area contributed by atoms with E-state index < -0.39 is 16.0 Å². The van der Waals surface area contributed by atoms with Crippen LogP contribution in [-0.4, -0.2) is 48.5 Å². The van der Waals surface area contributed by atoms with Gasteiger partial charge < -0.3 is 9.15 Å². The van der Waals surface area contributed by atoms with Crippen molar-refractivity contribution >= 4 is 38.8 Å². The molecule has 0 amide bonds. The van der Waals surface area contributed by atoms with Gasteiger partial charge in [0.2, 0.25) is 5.09 Å². The maximum atomic E-state index is 11.9. The molecular weight excluding hydrogens is 390 g/mol. The van der Waals surface area contributed by atoms with Crippen LogP contribution in [0.3, 0.4) is 0 Å². The van der Waals surface area contributed by atoms with Gasteiger partial charge in [-0.2, -0.15) is 0 Å². The first-order chi connectivity index (χ1) is 12.9. The van der Waals surface area contributed by atoms with Crippen molar-refractivity contribution in [2.75, 3.05) is 19.8 Å². The maximum Gasteiger partial charge on any atom is 0.316 e. The van der Waals surface area contributed by atoms with Gasteiger partial charge in [0.1, 0.15) is 17.4 Å². The molecule has 0 radical (unpaired) electrons. The average molecular weight is 407 g/mol. The van der Waals surface area contributed by atoms with E-state index in [1.54, 1.807) is 6.20 Å². The van der Waals surface area contributed by atoms with Crippen LogP contribution in [0.15, 0.2) is 57.1 Å². The molecule has 0 spiro atoms. The Labute approximate surface area is 160 Å². The van der Waals surface area contributed by atoms with Crippen molar-refractivity contribution in [1.82, 2.24) is 14.3 Å². The van der Waals surface area contributed by atoms with Crippen molar-refractivity contribution in [1.29, 1.82) is 0 Å². The molecule has 1 aromatic carbocycles. The lowest BCUT2D eigenvalue weighted by atomic mass is 10.3. The normalized spacial score (nSPS) is 11.8. The van der Waals surface area contributed by atoms with Crippen LogP contribution in [0.25, 0.3) is 11.0 Å². The van der Waals surface area contributed by atoms with Gasteiger partial charge in [-0.15, -0.1) is 0 Å². The third kappa shape index (κ3) is 4.65. The van der Waals surface area contributed by atoms with E-state index in [0.717, 1.165) is 15.3 Å². The van der Waals surface area contributed by atoms with E-state index in [4.69, 9.17) is 9.15 Å². The molecule has 142 valence electrons. The van der Waals surface area contributed by atoms with Gasteiger partial charge in [0.15, 0.2) is 0 Å². The van der Waals surface area contributed by atoms with E-state index in [-0.39, 0.29) is 23.2 Å². The molecule has 10 heteroatoms. The monoisotopic (exact) mass is 407 g/mol. The predicted molar refractivity (Wildman–Crippen MR) is 99.6 cm³/mol. The second-order valence-corrected chi connectivity index (χ2v) is 8.73. The molecule has 8 nitrogen and oxygen atoms in total. The van der Waals surface area contributed by atoms with Gasteiger partial charge in [-0.3, -0.25) is 9.78 Å². The Kier molecular flexibility index (Phi) is 5.78. The number of fused-ring (bicyclic) bond motifs is 1. The van der Waals surface area contributed by atoms with E-state index in [1.165, 1.54) is 38.0 Å². The predicted octanol–water partition coefficient (Wildman–Crippen LogP) is 2.31. The minimum atomic E-state index is -3.65. The fraction of sp³-hybridized carbons (Fsp3) is 0.235. The van der Waals surface area contributed by atoms with Gasteiger partial charge in [-0.05, 0) is 24.3 Å². The lowest BCUT2D eigenvalue weighted by molar-refractivity contribution is -0.142. The maximum absolute atomic E-state index is 11.9. The van der Waals surface area contributed by atoms with Gasteiger partial charge in [-0.25, -0.2) is 17.7 Å². The topological polar surface area (TPSA) is 103 Å². The second kappa shape index (κ2) is 8.07.